The van der Waals surface area contributed by atoms with Crippen molar-refractivity contribution in [2.45, 2.75) is 84.0 Å². The first kappa shape index (κ1) is 18.1. The van der Waals surface area contributed by atoms with Crippen molar-refractivity contribution in [3.8, 4) is 0 Å². The minimum atomic E-state index is -0.363. The molecule has 150 valence electrons. The third kappa shape index (κ3) is 2.50. The molecule has 0 radical (unpaired) electrons. The maximum Gasteiger partial charge on any atom is 0.137 e. The average molecular weight is 374 g/mol. The number of nitrogens with zero attached hydrogens (tertiary/aromatic N) is 3. The molecule has 27 heavy (non-hydrogen) atoms. The second-order valence-electron chi connectivity index (χ2n) is 10.5. The van der Waals surface area contributed by atoms with Gasteiger partial charge in [-0.25, -0.2) is 4.98 Å². The smallest absolute Gasteiger partial charge is 0.137 e. The van der Waals surface area contributed by atoms with Crippen molar-refractivity contribution in [2.75, 3.05) is 6.61 Å². The lowest BCUT2D eigenvalue weighted by molar-refractivity contribution is -0.0990. The molecular formula is C22H35N3O2. The molecule has 0 bridgehead atoms. The number of fused-ring (bicyclic) bond motifs is 3. The van der Waals surface area contributed by atoms with Crippen LogP contribution in [0.15, 0.2) is 12.7 Å². The largest absolute Gasteiger partial charge is 0.391 e. The molecule has 0 amide bonds. The summed E-state index contributed by atoms with van der Waals surface area (Å²) in [4.78, 5) is 3.99. The van der Waals surface area contributed by atoms with Gasteiger partial charge in [-0.2, -0.15) is 5.10 Å². The van der Waals surface area contributed by atoms with E-state index in [1.54, 1.807) is 11.0 Å². The van der Waals surface area contributed by atoms with E-state index in [2.05, 4.69) is 30.9 Å². The summed E-state index contributed by atoms with van der Waals surface area (Å²) in [5, 5.41) is 14.9. The van der Waals surface area contributed by atoms with Gasteiger partial charge in [0.05, 0.1) is 24.9 Å². The zero-order valence-corrected chi connectivity index (χ0v) is 17.1. The summed E-state index contributed by atoms with van der Waals surface area (Å²) in [6.45, 7) is 8.82. The van der Waals surface area contributed by atoms with E-state index < -0.39 is 0 Å². The van der Waals surface area contributed by atoms with Crippen LogP contribution in [0.25, 0.3) is 0 Å². The van der Waals surface area contributed by atoms with E-state index >= 15 is 0 Å². The second kappa shape index (κ2) is 6.03. The SMILES string of the molecule is CC1CCC[C@@]2(C)C1CCC1(CO1)[C@]21C[C@H]1C[C@H](C)C(O)Cn1cncn1. The topological polar surface area (TPSA) is 63.5 Å². The fourth-order valence-corrected chi connectivity index (χ4v) is 7.76. The number of hydrogen-bond acceptors (Lipinski definition) is 4. The summed E-state index contributed by atoms with van der Waals surface area (Å²) in [6.07, 6.45) is 12.1. The van der Waals surface area contributed by atoms with Gasteiger partial charge in [0.1, 0.15) is 12.7 Å². The lowest BCUT2D eigenvalue weighted by Gasteiger charge is -2.57. The van der Waals surface area contributed by atoms with Crippen molar-refractivity contribution >= 4 is 0 Å². The molecule has 4 aliphatic rings. The molecule has 3 aliphatic carbocycles. The van der Waals surface area contributed by atoms with Crippen LogP contribution in [-0.2, 0) is 11.3 Å². The Labute approximate surface area is 162 Å². The van der Waals surface area contributed by atoms with E-state index in [4.69, 9.17) is 4.74 Å². The van der Waals surface area contributed by atoms with Crippen LogP contribution >= 0.6 is 0 Å². The van der Waals surface area contributed by atoms with Gasteiger partial charge >= 0.3 is 0 Å². The Bertz CT molecular complexity index is 688. The molecule has 8 atom stereocenters. The maximum atomic E-state index is 10.7. The van der Waals surface area contributed by atoms with Crippen LogP contribution in [0.5, 0.6) is 0 Å². The molecule has 2 heterocycles. The van der Waals surface area contributed by atoms with Crippen LogP contribution in [-0.4, -0.2) is 38.2 Å². The predicted octanol–water partition coefficient (Wildman–Crippen LogP) is 3.68. The lowest BCUT2D eigenvalue weighted by Crippen LogP contribution is -2.54. The van der Waals surface area contributed by atoms with E-state index in [9.17, 15) is 5.11 Å². The minimum Gasteiger partial charge on any atom is -0.391 e. The normalized spacial score (nSPS) is 47.6. The molecule has 1 aliphatic heterocycles. The molecule has 1 aromatic rings. The first-order valence-corrected chi connectivity index (χ1v) is 11.1. The van der Waals surface area contributed by atoms with Crippen molar-refractivity contribution in [3.63, 3.8) is 0 Å². The third-order valence-electron chi connectivity index (χ3n) is 9.30. The van der Waals surface area contributed by atoms with E-state index in [1.807, 2.05) is 0 Å². The van der Waals surface area contributed by atoms with Gasteiger partial charge in [0.15, 0.2) is 0 Å². The number of aliphatic hydroxyl groups excluding tert-OH is 1. The Balaban J connectivity index is 1.33. The molecule has 5 heteroatoms. The molecule has 2 spiro atoms. The van der Waals surface area contributed by atoms with Gasteiger partial charge in [-0.3, -0.25) is 4.68 Å². The van der Waals surface area contributed by atoms with Gasteiger partial charge in [0.2, 0.25) is 0 Å². The molecule has 1 aromatic heterocycles. The number of epoxide rings is 1. The maximum absolute atomic E-state index is 10.7. The standard InChI is InChI=1S/C22H35N3O2/c1-15-5-4-7-20(3)18(15)6-8-21(12-27-21)22(20)10-17(22)9-16(2)19(26)11-25-14-23-13-24-25/h13-19,26H,4-12H2,1-3H3/t15?,16-,17+,18?,19?,20-,21?,22-/m0/s1. The summed E-state index contributed by atoms with van der Waals surface area (Å²) >= 11 is 0. The Morgan fingerprint density at radius 3 is 2.85 bits per heavy atom. The summed E-state index contributed by atoms with van der Waals surface area (Å²) < 4.78 is 7.98. The highest BCUT2D eigenvalue weighted by molar-refractivity contribution is 5.29. The molecule has 3 saturated carbocycles. The van der Waals surface area contributed by atoms with Crippen molar-refractivity contribution in [1.29, 1.82) is 0 Å². The van der Waals surface area contributed by atoms with Gasteiger partial charge in [-0.15, -0.1) is 0 Å². The highest BCUT2D eigenvalue weighted by atomic mass is 16.6. The minimum absolute atomic E-state index is 0.177. The highest BCUT2D eigenvalue weighted by Gasteiger charge is 2.81. The van der Waals surface area contributed by atoms with Crippen molar-refractivity contribution in [2.24, 2.45) is 34.5 Å². The van der Waals surface area contributed by atoms with Gasteiger partial charge in [-0.05, 0) is 61.2 Å². The zero-order chi connectivity index (χ0) is 18.9. The Morgan fingerprint density at radius 1 is 1.33 bits per heavy atom. The summed E-state index contributed by atoms with van der Waals surface area (Å²) in [5.41, 5.74) is 0.982. The number of aromatic nitrogens is 3. The van der Waals surface area contributed by atoms with Crippen molar-refractivity contribution in [1.82, 2.24) is 14.8 Å². The number of aliphatic hydroxyl groups is 1. The average Bonchev–Trinajstić information content (AvgIpc) is 3.50. The van der Waals surface area contributed by atoms with Crippen LogP contribution in [0.4, 0.5) is 0 Å². The zero-order valence-electron chi connectivity index (χ0n) is 17.1. The molecule has 1 saturated heterocycles. The van der Waals surface area contributed by atoms with Gasteiger partial charge in [-0.1, -0.05) is 33.6 Å². The molecule has 4 fully saturated rings. The first-order valence-electron chi connectivity index (χ1n) is 11.1. The Kier molecular flexibility index (Phi) is 4.04. The van der Waals surface area contributed by atoms with Gasteiger partial charge in [0, 0.05) is 5.41 Å². The number of rotatable bonds is 5. The van der Waals surface area contributed by atoms with Gasteiger partial charge < -0.3 is 9.84 Å². The van der Waals surface area contributed by atoms with E-state index in [-0.39, 0.29) is 17.6 Å². The van der Waals surface area contributed by atoms with Crippen molar-refractivity contribution in [3.05, 3.63) is 12.7 Å². The summed E-state index contributed by atoms with van der Waals surface area (Å²) in [6, 6.07) is 0. The molecule has 5 nitrogen and oxygen atoms in total. The summed E-state index contributed by atoms with van der Waals surface area (Å²) in [5.74, 6) is 2.70. The number of ether oxygens (including phenoxy) is 1. The quantitative estimate of drug-likeness (QED) is 0.800. The third-order valence-corrected chi connectivity index (χ3v) is 9.30. The van der Waals surface area contributed by atoms with E-state index in [0.29, 0.717) is 23.3 Å². The van der Waals surface area contributed by atoms with Crippen LogP contribution in [0.1, 0.15) is 65.7 Å². The van der Waals surface area contributed by atoms with Crippen LogP contribution in [0.3, 0.4) is 0 Å². The van der Waals surface area contributed by atoms with E-state index in [1.165, 1.54) is 44.9 Å². The molecular weight excluding hydrogens is 338 g/mol. The monoisotopic (exact) mass is 373 g/mol. The van der Waals surface area contributed by atoms with E-state index in [0.717, 1.165) is 24.9 Å². The number of hydrogen-bond donors (Lipinski definition) is 1. The lowest BCUT2D eigenvalue weighted by atomic mass is 9.47. The molecule has 0 aromatic carbocycles. The first-order chi connectivity index (χ1) is 12.9. The fraction of sp³-hybridized carbons (Fsp3) is 0.909. The molecule has 1 N–H and O–H groups in total. The van der Waals surface area contributed by atoms with Gasteiger partial charge in [0.25, 0.3) is 0 Å². The van der Waals surface area contributed by atoms with Crippen LogP contribution < -0.4 is 0 Å². The summed E-state index contributed by atoms with van der Waals surface area (Å²) in [7, 11) is 0. The Morgan fingerprint density at radius 2 is 2.15 bits per heavy atom. The van der Waals surface area contributed by atoms with Crippen molar-refractivity contribution < 1.29 is 9.84 Å². The fourth-order valence-electron chi connectivity index (χ4n) is 7.76. The Hall–Kier alpha value is -0.940. The second-order valence-corrected chi connectivity index (χ2v) is 10.5. The predicted molar refractivity (Wildman–Crippen MR) is 103 cm³/mol. The van der Waals surface area contributed by atoms with Crippen LogP contribution in [0.2, 0.25) is 0 Å². The molecule has 4 unspecified atom stereocenters. The van der Waals surface area contributed by atoms with Crippen LogP contribution in [0, 0.1) is 34.5 Å². The molecule has 5 rings (SSSR count). The highest BCUT2D eigenvalue weighted by Crippen LogP contribution is 2.81.